The molecule has 0 fully saturated rings. The van der Waals surface area contributed by atoms with Crippen molar-refractivity contribution in [2.75, 3.05) is 5.32 Å². The molecule has 1 aliphatic rings. The van der Waals surface area contributed by atoms with E-state index in [4.69, 9.17) is 4.84 Å². The van der Waals surface area contributed by atoms with Gasteiger partial charge in [0, 0.05) is 22.7 Å². The molecule has 3 aromatic rings. The molecule has 0 bridgehead atoms. The van der Waals surface area contributed by atoms with Gasteiger partial charge in [-0.05, 0) is 40.5 Å². The third-order valence-corrected chi connectivity index (χ3v) is 5.62. The van der Waals surface area contributed by atoms with E-state index in [-0.39, 0.29) is 5.91 Å². The van der Waals surface area contributed by atoms with Crippen molar-refractivity contribution in [2.45, 2.75) is 26.0 Å². The molecule has 148 valence electrons. The second-order valence-electron chi connectivity index (χ2n) is 6.84. The minimum Gasteiger partial charge on any atom is -0.382 e. The van der Waals surface area contributed by atoms with E-state index in [9.17, 15) is 4.79 Å². The van der Waals surface area contributed by atoms with Gasteiger partial charge in [0.1, 0.15) is 0 Å². The molecule has 0 saturated heterocycles. The van der Waals surface area contributed by atoms with E-state index in [1.165, 1.54) is 5.56 Å². The Kier molecular flexibility index (Phi) is 5.82. The van der Waals surface area contributed by atoms with Crippen LogP contribution in [-0.4, -0.2) is 27.5 Å². The Hall–Kier alpha value is -2.45. The number of carbonyl (C=O) groups excluding carboxylic acids is 1. The molecule has 4 rings (SSSR count). The molecule has 29 heavy (non-hydrogen) atoms. The Morgan fingerprint density at radius 3 is 2.79 bits per heavy atom. The summed E-state index contributed by atoms with van der Waals surface area (Å²) in [6.45, 7) is 2.67. The van der Waals surface area contributed by atoms with Crippen molar-refractivity contribution in [3.05, 3.63) is 80.4 Å². The zero-order valence-corrected chi connectivity index (χ0v) is 18.8. The Morgan fingerprint density at radius 1 is 1.24 bits per heavy atom. The minimum atomic E-state index is -0.682. The maximum atomic E-state index is 12.6. The minimum absolute atomic E-state index is 0.278. The van der Waals surface area contributed by atoms with Crippen molar-refractivity contribution < 1.29 is 9.63 Å². The van der Waals surface area contributed by atoms with Crippen LogP contribution in [0.4, 0.5) is 5.82 Å². The topological polar surface area (TPSA) is 68.5 Å². The summed E-state index contributed by atoms with van der Waals surface area (Å²) in [5, 5.41) is 11.4. The number of carbonyl (C=O) groups is 1. The first-order chi connectivity index (χ1) is 14.0. The number of nitrogens with zero attached hydrogens (tertiary/aromatic N) is 3. The Bertz CT molecular complexity index is 1080. The van der Waals surface area contributed by atoms with Crippen LogP contribution in [0.3, 0.4) is 0 Å². The number of benzene rings is 2. The summed E-state index contributed by atoms with van der Waals surface area (Å²) in [5.74, 6) is 0.182. The lowest BCUT2D eigenvalue weighted by Crippen LogP contribution is -2.28. The third-order valence-electron chi connectivity index (χ3n) is 4.54. The molecule has 2 aromatic carbocycles. The molecule has 1 aromatic heterocycles. The van der Waals surface area contributed by atoms with Gasteiger partial charge in [-0.25, -0.2) is 0 Å². The Labute approximate surface area is 185 Å². The van der Waals surface area contributed by atoms with Crippen molar-refractivity contribution in [1.82, 2.24) is 9.78 Å². The lowest BCUT2D eigenvalue weighted by molar-refractivity contribution is -0.125. The normalized spacial score (nSPS) is 15.7. The summed E-state index contributed by atoms with van der Waals surface area (Å²) >= 11 is 6.91. The Morgan fingerprint density at radius 2 is 2.03 bits per heavy atom. The highest BCUT2D eigenvalue weighted by molar-refractivity contribution is 9.10. The number of anilines is 1. The van der Waals surface area contributed by atoms with Crippen LogP contribution in [0.25, 0.3) is 0 Å². The number of rotatable bonds is 5. The van der Waals surface area contributed by atoms with Gasteiger partial charge >= 0.3 is 0 Å². The zero-order valence-electron chi connectivity index (χ0n) is 15.6. The van der Waals surface area contributed by atoms with Crippen LogP contribution in [0, 0.1) is 6.92 Å². The van der Waals surface area contributed by atoms with E-state index in [1.54, 1.807) is 4.68 Å². The van der Waals surface area contributed by atoms with E-state index in [1.807, 2.05) is 30.5 Å². The number of hydrogen-bond acceptors (Lipinski definition) is 4. The number of aryl methyl sites for hydroxylation is 1. The van der Waals surface area contributed by atoms with Crippen LogP contribution < -0.4 is 5.32 Å². The lowest BCUT2D eigenvalue weighted by atomic mass is 10.0. The highest BCUT2D eigenvalue weighted by Crippen LogP contribution is 2.24. The van der Waals surface area contributed by atoms with Gasteiger partial charge in [-0.2, -0.15) is 5.10 Å². The van der Waals surface area contributed by atoms with Gasteiger partial charge in [-0.3, -0.25) is 9.48 Å². The van der Waals surface area contributed by atoms with E-state index in [0.29, 0.717) is 23.3 Å². The summed E-state index contributed by atoms with van der Waals surface area (Å²) in [6, 6.07) is 16.0. The summed E-state index contributed by atoms with van der Waals surface area (Å²) < 4.78 is 3.45. The van der Waals surface area contributed by atoms with Gasteiger partial charge in [0.15, 0.2) is 5.82 Å². The van der Waals surface area contributed by atoms with Crippen molar-refractivity contribution in [3.8, 4) is 0 Å². The largest absolute Gasteiger partial charge is 0.382 e. The smallest absolute Gasteiger partial charge is 0.269 e. The second kappa shape index (κ2) is 8.51. The molecule has 0 radical (unpaired) electrons. The number of oxime groups is 1. The maximum absolute atomic E-state index is 12.6. The van der Waals surface area contributed by atoms with Crippen LogP contribution in [0.2, 0.25) is 0 Å². The van der Waals surface area contributed by atoms with Crippen LogP contribution in [0.1, 0.15) is 23.1 Å². The van der Waals surface area contributed by atoms with E-state index in [0.717, 1.165) is 21.3 Å². The number of hydrogen-bond donors (Lipinski definition) is 1. The first kappa shape index (κ1) is 19.8. The molecule has 1 amide bonds. The molecule has 0 aliphatic carbocycles. The van der Waals surface area contributed by atoms with Gasteiger partial charge in [0.25, 0.3) is 5.91 Å². The van der Waals surface area contributed by atoms with E-state index >= 15 is 0 Å². The average Bonchev–Trinajstić information content (AvgIpc) is 3.31. The molecule has 6 nitrogen and oxygen atoms in total. The average molecular weight is 518 g/mol. The predicted molar refractivity (Wildman–Crippen MR) is 119 cm³/mol. The molecule has 1 aliphatic heterocycles. The first-order valence-electron chi connectivity index (χ1n) is 9.06. The molecular weight excluding hydrogens is 500 g/mol. The first-order valence-corrected chi connectivity index (χ1v) is 10.6. The van der Waals surface area contributed by atoms with Crippen molar-refractivity contribution in [3.63, 3.8) is 0 Å². The second-order valence-corrected chi connectivity index (χ2v) is 8.61. The highest BCUT2D eigenvalue weighted by Gasteiger charge is 2.30. The molecule has 1 N–H and O–H groups in total. The Balaban J connectivity index is 1.39. The fraction of sp³-hybridized carbons (Fsp3) is 0.190. The zero-order chi connectivity index (χ0) is 20.4. The van der Waals surface area contributed by atoms with Gasteiger partial charge in [-0.1, -0.05) is 63.0 Å². The van der Waals surface area contributed by atoms with Crippen molar-refractivity contribution in [1.29, 1.82) is 0 Å². The number of halogens is 2. The van der Waals surface area contributed by atoms with Gasteiger partial charge in [0.2, 0.25) is 6.10 Å². The maximum Gasteiger partial charge on any atom is 0.269 e. The molecule has 0 spiro atoms. The summed E-state index contributed by atoms with van der Waals surface area (Å²) in [5.41, 5.74) is 4.02. The molecule has 2 heterocycles. The van der Waals surface area contributed by atoms with Crippen LogP contribution in [0.15, 0.2) is 68.8 Å². The monoisotopic (exact) mass is 516 g/mol. The number of aromatic nitrogens is 2. The standard InChI is InChI=1S/C21H18Br2N4O2/c1-13-5-7-14(8-6-13)11-27-12-17(23)20(25-27)24-21(28)19-10-18(26-29-19)15-3-2-4-16(22)9-15/h2-9,12,19H,10-11H2,1H3,(H,24,25,28). The summed E-state index contributed by atoms with van der Waals surface area (Å²) in [6.07, 6.45) is 1.57. The fourth-order valence-corrected chi connectivity index (χ4v) is 3.81. The SMILES string of the molecule is Cc1ccc(Cn2cc(Br)c(NC(=O)C3CC(c4cccc(Br)c4)=NO3)n2)cc1. The van der Waals surface area contributed by atoms with Crippen LogP contribution in [0.5, 0.6) is 0 Å². The third kappa shape index (κ3) is 4.76. The van der Waals surface area contributed by atoms with Gasteiger partial charge in [-0.15, -0.1) is 0 Å². The predicted octanol–water partition coefficient (Wildman–Crippen LogP) is 4.90. The number of nitrogens with one attached hydrogen (secondary N) is 1. The van der Waals surface area contributed by atoms with Crippen LogP contribution in [-0.2, 0) is 16.2 Å². The van der Waals surface area contributed by atoms with E-state index in [2.05, 4.69) is 78.6 Å². The van der Waals surface area contributed by atoms with Crippen molar-refractivity contribution in [2.24, 2.45) is 5.16 Å². The van der Waals surface area contributed by atoms with Crippen molar-refractivity contribution >= 4 is 49.3 Å². The van der Waals surface area contributed by atoms with E-state index < -0.39 is 6.10 Å². The van der Waals surface area contributed by atoms with Crippen LogP contribution >= 0.6 is 31.9 Å². The molecule has 8 heteroatoms. The lowest BCUT2D eigenvalue weighted by Gasteiger charge is -2.08. The summed E-state index contributed by atoms with van der Waals surface area (Å²) in [7, 11) is 0. The molecule has 1 unspecified atom stereocenters. The number of amides is 1. The molecule has 1 atom stereocenters. The quantitative estimate of drug-likeness (QED) is 0.523. The van der Waals surface area contributed by atoms with Gasteiger partial charge in [0.05, 0.1) is 16.7 Å². The van der Waals surface area contributed by atoms with Gasteiger partial charge < -0.3 is 10.2 Å². The summed E-state index contributed by atoms with van der Waals surface area (Å²) in [4.78, 5) is 18.0. The fourth-order valence-electron chi connectivity index (χ4n) is 3.00. The molecular formula is C21H18Br2N4O2. The highest BCUT2D eigenvalue weighted by atomic mass is 79.9. The molecule has 0 saturated carbocycles.